The van der Waals surface area contributed by atoms with Gasteiger partial charge in [0.25, 0.3) is 0 Å². The van der Waals surface area contributed by atoms with Crippen molar-refractivity contribution in [2.75, 3.05) is 0 Å². The van der Waals surface area contributed by atoms with E-state index in [0.29, 0.717) is 5.56 Å². The molecule has 0 saturated heterocycles. The lowest BCUT2D eigenvalue weighted by atomic mass is 10.0. The Morgan fingerprint density at radius 1 is 1.00 bits per heavy atom. The van der Waals surface area contributed by atoms with E-state index in [1.165, 1.54) is 6.07 Å². The number of benzene rings is 2. The van der Waals surface area contributed by atoms with E-state index in [4.69, 9.17) is 6.42 Å². The standard InChI is InChI=1S/C14H9F/c1-2-11-6-5-7-12(10-11)13-8-3-4-9-14(13)15/h1,3-10H. The van der Waals surface area contributed by atoms with Gasteiger partial charge in [-0.2, -0.15) is 0 Å². The van der Waals surface area contributed by atoms with Crippen LogP contribution < -0.4 is 0 Å². The zero-order chi connectivity index (χ0) is 10.7. The molecule has 0 unspecified atom stereocenters. The summed E-state index contributed by atoms with van der Waals surface area (Å²) in [4.78, 5) is 0. The van der Waals surface area contributed by atoms with Crippen LogP contribution in [0.2, 0.25) is 0 Å². The zero-order valence-electron chi connectivity index (χ0n) is 8.07. The second-order valence-electron chi connectivity index (χ2n) is 3.20. The summed E-state index contributed by atoms with van der Waals surface area (Å²) in [6, 6.07) is 14.0. The summed E-state index contributed by atoms with van der Waals surface area (Å²) in [5.41, 5.74) is 2.15. The third-order valence-corrected chi connectivity index (χ3v) is 2.21. The van der Waals surface area contributed by atoms with Gasteiger partial charge >= 0.3 is 0 Å². The van der Waals surface area contributed by atoms with Crippen molar-refractivity contribution in [2.45, 2.75) is 0 Å². The highest BCUT2D eigenvalue weighted by Gasteiger charge is 2.03. The van der Waals surface area contributed by atoms with Crippen LogP contribution >= 0.6 is 0 Å². The summed E-state index contributed by atoms with van der Waals surface area (Å²) in [6.07, 6.45) is 5.29. The lowest BCUT2D eigenvalue weighted by Crippen LogP contribution is -1.84. The summed E-state index contributed by atoms with van der Waals surface area (Å²) >= 11 is 0. The van der Waals surface area contributed by atoms with Gasteiger partial charge in [-0.3, -0.25) is 0 Å². The first-order valence-electron chi connectivity index (χ1n) is 4.63. The molecule has 0 radical (unpaired) electrons. The van der Waals surface area contributed by atoms with Gasteiger partial charge in [0.1, 0.15) is 5.82 Å². The molecule has 0 aliphatic heterocycles. The topological polar surface area (TPSA) is 0 Å². The highest BCUT2D eigenvalue weighted by molar-refractivity contribution is 5.65. The van der Waals surface area contributed by atoms with Crippen molar-refractivity contribution >= 4 is 0 Å². The fraction of sp³-hybridized carbons (Fsp3) is 0. The minimum Gasteiger partial charge on any atom is -0.206 e. The molecule has 0 fully saturated rings. The van der Waals surface area contributed by atoms with Gasteiger partial charge in [-0.05, 0) is 23.8 Å². The van der Waals surface area contributed by atoms with Gasteiger partial charge in [-0.1, -0.05) is 36.3 Å². The lowest BCUT2D eigenvalue weighted by Gasteiger charge is -2.03. The monoisotopic (exact) mass is 196 g/mol. The molecule has 15 heavy (non-hydrogen) atoms. The predicted octanol–water partition coefficient (Wildman–Crippen LogP) is 3.47. The molecule has 0 aromatic heterocycles. The fourth-order valence-electron chi connectivity index (χ4n) is 1.47. The summed E-state index contributed by atoms with van der Waals surface area (Å²) < 4.78 is 13.5. The van der Waals surface area contributed by atoms with Crippen molar-refractivity contribution in [1.82, 2.24) is 0 Å². The Balaban J connectivity index is 2.55. The van der Waals surface area contributed by atoms with E-state index in [2.05, 4.69) is 5.92 Å². The van der Waals surface area contributed by atoms with Gasteiger partial charge in [-0.15, -0.1) is 6.42 Å². The van der Waals surface area contributed by atoms with E-state index < -0.39 is 0 Å². The Kier molecular flexibility index (Phi) is 2.51. The first-order valence-corrected chi connectivity index (χ1v) is 4.63. The number of halogens is 1. The van der Waals surface area contributed by atoms with Gasteiger partial charge in [-0.25, -0.2) is 4.39 Å². The van der Waals surface area contributed by atoms with Crippen LogP contribution in [0.5, 0.6) is 0 Å². The molecule has 0 atom stereocenters. The van der Waals surface area contributed by atoms with E-state index in [0.717, 1.165) is 11.1 Å². The Labute approximate surface area is 88.4 Å². The third-order valence-electron chi connectivity index (χ3n) is 2.21. The summed E-state index contributed by atoms with van der Waals surface area (Å²) in [7, 11) is 0. The average Bonchev–Trinajstić information content (AvgIpc) is 2.30. The molecule has 1 heteroatoms. The maximum Gasteiger partial charge on any atom is 0.131 e. The highest BCUT2D eigenvalue weighted by atomic mass is 19.1. The summed E-state index contributed by atoms with van der Waals surface area (Å²) in [5.74, 6) is 2.30. The van der Waals surface area contributed by atoms with Gasteiger partial charge in [0.05, 0.1) is 0 Å². The Morgan fingerprint density at radius 2 is 1.80 bits per heavy atom. The van der Waals surface area contributed by atoms with Crippen molar-refractivity contribution in [1.29, 1.82) is 0 Å². The zero-order valence-corrected chi connectivity index (χ0v) is 8.07. The van der Waals surface area contributed by atoms with Crippen LogP contribution in [0.15, 0.2) is 48.5 Å². The van der Waals surface area contributed by atoms with Crippen molar-refractivity contribution in [3.63, 3.8) is 0 Å². The second kappa shape index (κ2) is 3.98. The molecule has 0 aliphatic rings. The van der Waals surface area contributed by atoms with E-state index in [1.54, 1.807) is 24.3 Å². The Morgan fingerprint density at radius 3 is 2.53 bits per heavy atom. The molecule has 72 valence electrons. The SMILES string of the molecule is C#Cc1cccc(-c2ccccc2F)c1. The minimum absolute atomic E-state index is 0.230. The lowest BCUT2D eigenvalue weighted by molar-refractivity contribution is 0.631. The van der Waals surface area contributed by atoms with Crippen LogP contribution in [0.25, 0.3) is 11.1 Å². The van der Waals surface area contributed by atoms with Gasteiger partial charge in [0, 0.05) is 11.1 Å². The molecule has 0 saturated carbocycles. The number of terminal acetylenes is 1. The molecule has 0 aliphatic carbocycles. The number of hydrogen-bond donors (Lipinski definition) is 0. The number of rotatable bonds is 1. The number of hydrogen-bond acceptors (Lipinski definition) is 0. The quantitative estimate of drug-likeness (QED) is 0.612. The van der Waals surface area contributed by atoms with Crippen LogP contribution in [0.4, 0.5) is 4.39 Å². The van der Waals surface area contributed by atoms with E-state index >= 15 is 0 Å². The molecule has 0 amide bonds. The second-order valence-corrected chi connectivity index (χ2v) is 3.20. The average molecular weight is 196 g/mol. The third kappa shape index (κ3) is 1.89. The molecule has 0 bridgehead atoms. The van der Waals surface area contributed by atoms with Crippen LogP contribution in [0.1, 0.15) is 5.56 Å². The molecular weight excluding hydrogens is 187 g/mol. The maximum absolute atomic E-state index is 13.5. The maximum atomic E-state index is 13.5. The molecule has 0 nitrogen and oxygen atoms in total. The van der Waals surface area contributed by atoms with Gasteiger partial charge in [0.2, 0.25) is 0 Å². The van der Waals surface area contributed by atoms with Crippen molar-refractivity contribution in [3.8, 4) is 23.5 Å². The molecule has 2 aromatic carbocycles. The molecule has 2 rings (SSSR count). The predicted molar refractivity (Wildman–Crippen MR) is 59.8 cm³/mol. The molecule has 2 aromatic rings. The van der Waals surface area contributed by atoms with Crippen molar-refractivity contribution < 1.29 is 4.39 Å². The normalized spacial score (nSPS) is 9.60. The molecule has 0 heterocycles. The smallest absolute Gasteiger partial charge is 0.131 e. The minimum atomic E-state index is -0.230. The van der Waals surface area contributed by atoms with Crippen molar-refractivity contribution in [3.05, 3.63) is 59.9 Å². The van der Waals surface area contributed by atoms with E-state index in [-0.39, 0.29) is 5.82 Å². The van der Waals surface area contributed by atoms with Gasteiger partial charge < -0.3 is 0 Å². The van der Waals surface area contributed by atoms with Gasteiger partial charge in [0.15, 0.2) is 0 Å². The van der Waals surface area contributed by atoms with Crippen LogP contribution in [0.3, 0.4) is 0 Å². The first kappa shape index (κ1) is 9.48. The fourth-order valence-corrected chi connectivity index (χ4v) is 1.47. The summed E-state index contributed by atoms with van der Waals surface area (Å²) in [5, 5.41) is 0. The van der Waals surface area contributed by atoms with Crippen LogP contribution in [-0.4, -0.2) is 0 Å². The molecular formula is C14H9F. The largest absolute Gasteiger partial charge is 0.206 e. The highest BCUT2D eigenvalue weighted by Crippen LogP contribution is 2.22. The Bertz CT molecular complexity index is 521. The van der Waals surface area contributed by atoms with Crippen LogP contribution in [-0.2, 0) is 0 Å². The van der Waals surface area contributed by atoms with Crippen molar-refractivity contribution in [2.24, 2.45) is 0 Å². The van der Waals surface area contributed by atoms with Crippen LogP contribution in [0, 0.1) is 18.2 Å². The molecule has 0 spiro atoms. The molecule has 0 N–H and O–H groups in total. The van der Waals surface area contributed by atoms with E-state index in [1.807, 2.05) is 18.2 Å². The summed E-state index contributed by atoms with van der Waals surface area (Å²) in [6.45, 7) is 0. The Hall–Kier alpha value is -2.07. The first-order chi connectivity index (χ1) is 7.31. The van der Waals surface area contributed by atoms with E-state index in [9.17, 15) is 4.39 Å².